The standard InChI is InChI=1S/C27H25N3O4/c1-17(2)33-23-7-5-6-8-24(23)34-20-11-9-19(10-12-20)30-27-18(15-28)16-29-22-14-26(32-4)25(31-3)13-21(22)27/h5-14,16-17H,1-4H3,(H,29,30). The van der Waals surface area contributed by atoms with Crippen molar-refractivity contribution >= 4 is 22.3 Å². The summed E-state index contributed by atoms with van der Waals surface area (Å²) >= 11 is 0. The highest BCUT2D eigenvalue weighted by Gasteiger charge is 2.14. The van der Waals surface area contributed by atoms with Crippen LogP contribution in [-0.4, -0.2) is 25.3 Å². The molecule has 34 heavy (non-hydrogen) atoms. The molecule has 3 aromatic carbocycles. The molecule has 0 aliphatic heterocycles. The van der Waals surface area contributed by atoms with Crippen molar-refractivity contribution < 1.29 is 18.9 Å². The SMILES string of the molecule is COc1cc2ncc(C#N)c(Nc3ccc(Oc4ccccc4OC(C)C)cc3)c2cc1OC. The Morgan fingerprint density at radius 2 is 1.56 bits per heavy atom. The fraction of sp³-hybridized carbons (Fsp3) is 0.185. The van der Waals surface area contributed by atoms with Gasteiger partial charge in [-0.1, -0.05) is 12.1 Å². The Kier molecular flexibility index (Phi) is 6.69. The molecule has 172 valence electrons. The Bertz CT molecular complexity index is 1340. The summed E-state index contributed by atoms with van der Waals surface area (Å²) in [6.07, 6.45) is 1.58. The summed E-state index contributed by atoms with van der Waals surface area (Å²) in [4.78, 5) is 4.40. The van der Waals surface area contributed by atoms with Gasteiger partial charge in [-0.05, 0) is 56.3 Å². The van der Waals surface area contributed by atoms with Gasteiger partial charge in [0.05, 0.1) is 37.1 Å². The molecule has 0 atom stereocenters. The molecule has 0 bridgehead atoms. The van der Waals surface area contributed by atoms with Crippen LogP contribution >= 0.6 is 0 Å². The maximum atomic E-state index is 9.66. The Balaban J connectivity index is 1.63. The lowest BCUT2D eigenvalue weighted by molar-refractivity contribution is 0.233. The van der Waals surface area contributed by atoms with Crippen LogP contribution in [0.2, 0.25) is 0 Å². The van der Waals surface area contributed by atoms with Gasteiger partial charge in [0.1, 0.15) is 11.8 Å². The predicted octanol–water partition coefficient (Wildman–Crippen LogP) is 6.45. The summed E-state index contributed by atoms with van der Waals surface area (Å²) in [5, 5.41) is 13.8. The number of anilines is 2. The zero-order valence-corrected chi connectivity index (χ0v) is 19.5. The van der Waals surface area contributed by atoms with E-state index in [0.717, 1.165) is 11.1 Å². The van der Waals surface area contributed by atoms with Crippen LogP contribution in [0.15, 0.2) is 66.9 Å². The summed E-state index contributed by atoms with van der Waals surface area (Å²) < 4.78 is 22.7. The number of hydrogen-bond acceptors (Lipinski definition) is 7. The number of nitriles is 1. The van der Waals surface area contributed by atoms with Gasteiger partial charge in [-0.2, -0.15) is 5.26 Å². The highest BCUT2D eigenvalue weighted by molar-refractivity contribution is 5.97. The van der Waals surface area contributed by atoms with Crippen molar-refractivity contribution in [3.05, 3.63) is 72.4 Å². The summed E-state index contributed by atoms with van der Waals surface area (Å²) in [7, 11) is 3.14. The van der Waals surface area contributed by atoms with E-state index in [9.17, 15) is 5.26 Å². The van der Waals surface area contributed by atoms with Crippen LogP contribution in [0.25, 0.3) is 10.9 Å². The smallest absolute Gasteiger partial charge is 0.169 e. The average Bonchev–Trinajstić information content (AvgIpc) is 2.85. The average molecular weight is 456 g/mol. The van der Waals surface area contributed by atoms with E-state index in [1.165, 1.54) is 0 Å². The van der Waals surface area contributed by atoms with E-state index < -0.39 is 0 Å². The molecule has 1 N–H and O–H groups in total. The normalized spacial score (nSPS) is 10.6. The number of rotatable bonds is 8. The van der Waals surface area contributed by atoms with Crippen molar-refractivity contribution in [1.29, 1.82) is 5.26 Å². The highest BCUT2D eigenvalue weighted by Crippen LogP contribution is 2.37. The largest absolute Gasteiger partial charge is 0.493 e. The van der Waals surface area contributed by atoms with E-state index >= 15 is 0 Å². The number of methoxy groups -OCH3 is 2. The molecule has 0 unspecified atom stereocenters. The zero-order chi connectivity index (χ0) is 24.1. The second kappa shape index (κ2) is 10.0. The van der Waals surface area contributed by atoms with E-state index in [1.54, 1.807) is 26.5 Å². The van der Waals surface area contributed by atoms with Gasteiger partial charge in [-0.3, -0.25) is 4.98 Å². The summed E-state index contributed by atoms with van der Waals surface area (Å²) in [6, 6.07) is 20.8. The van der Waals surface area contributed by atoms with Crippen molar-refractivity contribution in [3.8, 4) is 34.8 Å². The number of pyridine rings is 1. The van der Waals surface area contributed by atoms with E-state index in [1.807, 2.05) is 68.4 Å². The number of benzene rings is 3. The number of nitrogens with one attached hydrogen (secondary N) is 1. The minimum atomic E-state index is 0.0411. The van der Waals surface area contributed by atoms with Crippen molar-refractivity contribution in [1.82, 2.24) is 4.98 Å². The molecule has 0 saturated heterocycles. The van der Waals surface area contributed by atoms with Gasteiger partial charge in [0.25, 0.3) is 0 Å². The van der Waals surface area contributed by atoms with Crippen molar-refractivity contribution in [2.24, 2.45) is 0 Å². The van der Waals surface area contributed by atoms with Gasteiger partial charge in [0.2, 0.25) is 0 Å². The van der Waals surface area contributed by atoms with Crippen LogP contribution in [0, 0.1) is 11.3 Å². The molecule has 1 heterocycles. The van der Waals surface area contributed by atoms with Crippen LogP contribution in [-0.2, 0) is 0 Å². The van der Waals surface area contributed by atoms with Crippen LogP contribution in [0.1, 0.15) is 19.4 Å². The molecule has 0 saturated carbocycles. The minimum absolute atomic E-state index is 0.0411. The summed E-state index contributed by atoms with van der Waals surface area (Å²) in [6.45, 7) is 3.95. The van der Waals surface area contributed by atoms with Crippen molar-refractivity contribution in [3.63, 3.8) is 0 Å². The Morgan fingerprint density at radius 3 is 2.21 bits per heavy atom. The Labute approximate surface area is 198 Å². The first-order chi connectivity index (χ1) is 16.5. The molecule has 0 fully saturated rings. The van der Waals surface area contributed by atoms with Crippen LogP contribution in [0.4, 0.5) is 11.4 Å². The topological polar surface area (TPSA) is 85.6 Å². The highest BCUT2D eigenvalue weighted by atomic mass is 16.5. The minimum Gasteiger partial charge on any atom is -0.493 e. The molecule has 0 amide bonds. The van der Waals surface area contributed by atoms with Gasteiger partial charge in [-0.25, -0.2) is 0 Å². The first-order valence-corrected chi connectivity index (χ1v) is 10.8. The third kappa shape index (κ3) is 4.81. The molecule has 0 aliphatic carbocycles. The van der Waals surface area contributed by atoms with Crippen molar-refractivity contribution in [2.75, 3.05) is 19.5 Å². The quantitative estimate of drug-likeness (QED) is 0.327. The number of ether oxygens (including phenoxy) is 4. The maximum Gasteiger partial charge on any atom is 0.169 e. The van der Waals surface area contributed by atoms with Gasteiger partial charge in [-0.15, -0.1) is 0 Å². The van der Waals surface area contributed by atoms with E-state index in [-0.39, 0.29) is 6.10 Å². The van der Waals surface area contributed by atoms with E-state index in [2.05, 4.69) is 16.4 Å². The third-order valence-corrected chi connectivity index (χ3v) is 5.06. The van der Waals surface area contributed by atoms with Crippen LogP contribution in [0.3, 0.4) is 0 Å². The molecular formula is C27H25N3O4. The molecule has 0 spiro atoms. The molecule has 1 aromatic heterocycles. The number of para-hydroxylation sites is 2. The Hall–Kier alpha value is -4.44. The first-order valence-electron chi connectivity index (χ1n) is 10.8. The number of fused-ring (bicyclic) bond motifs is 1. The third-order valence-electron chi connectivity index (χ3n) is 5.06. The zero-order valence-electron chi connectivity index (χ0n) is 19.5. The first kappa shape index (κ1) is 22.7. The number of hydrogen-bond donors (Lipinski definition) is 1. The summed E-state index contributed by atoms with van der Waals surface area (Å²) in [5.74, 6) is 3.12. The van der Waals surface area contributed by atoms with Gasteiger partial charge in [0, 0.05) is 23.3 Å². The molecule has 4 aromatic rings. The second-order valence-electron chi connectivity index (χ2n) is 7.75. The Morgan fingerprint density at radius 1 is 0.882 bits per heavy atom. The second-order valence-corrected chi connectivity index (χ2v) is 7.75. The summed E-state index contributed by atoms with van der Waals surface area (Å²) in [5.41, 5.74) is 2.52. The van der Waals surface area contributed by atoms with Crippen molar-refractivity contribution in [2.45, 2.75) is 20.0 Å². The molecule has 7 heteroatoms. The van der Waals surface area contributed by atoms with E-state index in [4.69, 9.17) is 18.9 Å². The fourth-order valence-corrected chi connectivity index (χ4v) is 3.50. The van der Waals surface area contributed by atoms with E-state index in [0.29, 0.717) is 45.5 Å². The van der Waals surface area contributed by atoms with Gasteiger partial charge in [0.15, 0.2) is 23.0 Å². The number of nitrogens with zero attached hydrogens (tertiary/aromatic N) is 2. The molecule has 0 radical (unpaired) electrons. The number of aromatic nitrogens is 1. The van der Waals surface area contributed by atoms with Crippen LogP contribution < -0.4 is 24.3 Å². The lowest BCUT2D eigenvalue weighted by Crippen LogP contribution is -2.06. The molecule has 4 rings (SSSR count). The van der Waals surface area contributed by atoms with Gasteiger partial charge >= 0.3 is 0 Å². The molecule has 0 aliphatic rings. The molecular weight excluding hydrogens is 430 g/mol. The predicted molar refractivity (Wildman–Crippen MR) is 132 cm³/mol. The lowest BCUT2D eigenvalue weighted by atomic mass is 10.1. The monoisotopic (exact) mass is 455 g/mol. The fourth-order valence-electron chi connectivity index (χ4n) is 3.50. The maximum absolute atomic E-state index is 9.66. The molecule has 7 nitrogen and oxygen atoms in total. The van der Waals surface area contributed by atoms with Gasteiger partial charge < -0.3 is 24.3 Å². The van der Waals surface area contributed by atoms with Crippen LogP contribution in [0.5, 0.6) is 28.7 Å². The lowest BCUT2D eigenvalue weighted by Gasteiger charge is -2.16.